The Hall–Kier alpha value is -2.21. The van der Waals surface area contributed by atoms with Gasteiger partial charge in [-0.05, 0) is 32.4 Å². The maximum absolute atomic E-state index is 4.59. The zero-order valence-electron chi connectivity index (χ0n) is 13.0. The topological polar surface area (TPSA) is 66.5 Å². The van der Waals surface area contributed by atoms with E-state index in [1.165, 1.54) is 0 Å². The predicted molar refractivity (Wildman–Crippen MR) is 91.2 cm³/mol. The van der Waals surface area contributed by atoms with Gasteiger partial charge in [-0.3, -0.25) is 10.1 Å². The minimum atomic E-state index is 0.937. The van der Waals surface area contributed by atoms with Crippen LogP contribution >= 0.6 is 11.3 Å². The van der Waals surface area contributed by atoms with Gasteiger partial charge >= 0.3 is 0 Å². The Kier molecular flexibility index (Phi) is 4.20. The first-order chi connectivity index (χ1) is 10.7. The van der Waals surface area contributed by atoms with Crippen molar-refractivity contribution in [3.8, 4) is 21.7 Å². The second-order valence-electron chi connectivity index (χ2n) is 5.17. The number of aryl methyl sites for hydroxylation is 2. The van der Waals surface area contributed by atoms with Crippen LogP contribution in [0, 0.1) is 13.8 Å². The highest BCUT2D eigenvalue weighted by Crippen LogP contribution is 2.36. The standard InChI is InChI=1S/C16H19N5S/c1-4-7-18-16-19-9-13(22-16)12-6-5-8-17-15(12)14-10(2)20-21-11(14)3/h5-6,8-9H,4,7H2,1-3H3,(H,18,19)(H,20,21). The maximum atomic E-state index is 4.59. The van der Waals surface area contributed by atoms with Crippen molar-refractivity contribution in [3.05, 3.63) is 35.9 Å². The molecule has 0 bridgehead atoms. The first-order valence-corrected chi connectivity index (χ1v) is 8.19. The van der Waals surface area contributed by atoms with Crippen LogP contribution in [0.4, 0.5) is 5.13 Å². The number of pyridine rings is 1. The third-order valence-electron chi connectivity index (χ3n) is 3.47. The molecular weight excluding hydrogens is 294 g/mol. The number of aromatic nitrogens is 4. The molecule has 0 unspecified atom stereocenters. The summed E-state index contributed by atoms with van der Waals surface area (Å²) in [5, 5.41) is 11.6. The predicted octanol–water partition coefficient (Wildman–Crippen LogP) is 4.03. The van der Waals surface area contributed by atoms with Gasteiger partial charge in [-0.1, -0.05) is 18.3 Å². The maximum Gasteiger partial charge on any atom is 0.183 e. The summed E-state index contributed by atoms with van der Waals surface area (Å²) in [5.74, 6) is 0. The van der Waals surface area contributed by atoms with E-state index in [1.807, 2.05) is 32.3 Å². The molecule has 22 heavy (non-hydrogen) atoms. The van der Waals surface area contributed by atoms with Gasteiger partial charge in [-0.2, -0.15) is 5.10 Å². The van der Waals surface area contributed by atoms with Crippen LogP contribution in [-0.2, 0) is 0 Å². The van der Waals surface area contributed by atoms with Gasteiger partial charge in [0.15, 0.2) is 5.13 Å². The van der Waals surface area contributed by atoms with Crippen molar-refractivity contribution >= 4 is 16.5 Å². The van der Waals surface area contributed by atoms with Crippen molar-refractivity contribution in [2.75, 3.05) is 11.9 Å². The fourth-order valence-corrected chi connectivity index (χ4v) is 3.28. The zero-order chi connectivity index (χ0) is 15.5. The van der Waals surface area contributed by atoms with Gasteiger partial charge in [0.05, 0.1) is 16.3 Å². The van der Waals surface area contributed by atoms with Crippen molar-refractivity contribution in [2.45, 2.75) is 27.2 Å². The molecule has 0 aromatic carbocycles. The number of nitrogens with one attached hydrogen (secondary N) is 2. The van der Waals surface area contributed by atoms with E-state index >= 15 is 0 Å². The quantitative estimate of drug-likeness (QED) is 0.746. The summed E-state index contributed by atoms with van der Waals surface area (Å²) in [6.07, 6.45) is 4.82. The van der Waals surface area contributed by atoms with Crippen molar-refractivity contribution < 1.29 is 0 Å². The molecule has 0 spiro atoms. The average molecular weight is 313 g/mol. The van der Waals surface area contributed by atoms with Crippen LogP contribution in [0.25, 0.3) is 21.7 Å². The summed E-state index contributed by atoms with van der Waals surface area (Å²) >= 11 is 1.66. The van der Waals surface area contributed by atoms with Gasteiger partial charge in [0.25, 0.3) is 0 Å². The van der Waals surface area contributed by atoms with Gasteiger partial charge in [-0.25, -0.2) is 4.98 Å². The molecule has 2 N–H and O–H groups in total. The fourth-order valence-electron chi connectivity index (χ4n) is 2.42. The highest BCUT2D eigenvalue weighted by atomic mass is 32.1. The van der Waals surface area contributed by atoms with E-state index in [0.29, 0.717) is 0 Å². The molecule has 5 nitrogen and oxygen atoms in total. The smallest absolute Gasteiger partial charge is 0.183 e. The Labute approximate surface area is 133 Å². The molecule has 0 aliphatic heterocycles. The Morgan fingerprint density at radius 1 is 1.27 bits per heavy atom. The number of anilines is 1. The van der Waals surface area contributed by atoms with E-state index in [9.17, 15) is 0 Å². The van der Waals surface area contributed by atoms with E-state index < -0.39 is 0 Å². The molecule has 6 heteroatoms. The van der Waals surface area contributed by atoms with Crippen molar-refractivity contribution in [2.24, 2.45) is 0 Å². The Morgan fingerprint density at radius 3 is 2.86 bits per heavy atom. The number of hydrogen-bond donors (Lipinski definition) is 2. The largest absolute Gasteiger partial charge is 0.362 e. The summed E-state index contributed by atoms with van der Waals surface area (Å²) in [4.78, 5) is 10.2. The molecule has 0 radical (unpaired) electrons. The SMILES string of the molecule is CCCNc1ncc(-c2cccnc2-c2c(C)n[nH]c2C)s1. The van der Waals surface area contributed by atoms with Crippen LogP contribution in [0.15, 0.2) is 24.5 Å². The lowest BCUT2D eigenvalue weighted by Gasteiger charge is -2.06. The summed E-state index contributed by atoms with van der Waals surface area (Å²) in [5.41, 5.74) is 5.12. The number of rotatable bonds is 5. The Bertz CT molecular complexity index is 755. The highest BCUT2D eigenvalue weighted by molar-refractivity contribution is 7.18. The van der Waals surface area contributed by atoms with E-state index in [4.69, 9.17) is 0 Å². The highest BCUT2D eigenvalue weighted by Gasteiger charge is 2.16. The van der Waals surface area contributed by atoms with Crippen LogP contribution in [0.2, 0.25) is 0 Å². The first-order valence-electron chi connectivity index (χ1n) is 7.37. The number of nitrogens with zero attached hydrogens (tertiary/aromatic N) is 3. The van der Waals surface area contributed by atoms with E-state index in [1.54, 1.807) is 11.3 Å². The second-order valence-corrected chi connectivity index (χ2v) is 6.20. The summed E-state index contributed by atoms with van der Waals surface area (Å²) < 4.78 is 0. The number of H-pyrrole nitrogens is 1. The van der Waals surface area contributed by atoms with Gasteiger partial charge in [-0.15, -0.1) is 0 Å². The van der Waals surface area contributed by atoms with Crippen LogP contribution in [0.5, 0.6) is 0 Å². The lowest BCUT2D eigenvalue weighted by Crippen LogP contribution is -1.97. The lowest BCUT2D eigenvalue weighted by atomic mass is 10.0. The van der Waals surface area contributed by atoms with E-state index in [-0.39, 0.29) is 0 Å². The van der Waals surface area contributed by atoms with Crippen LogP contribution in [0.3, 0.4) is 0 Å². The fraction of sp³-hybridized carbons (Fsp3) is 0.312. The Morgan fingerprint density at radius 2 is 2.14 bits per heavy atom. The van der Waals surface area contributed by atoms with Crippen molar-refractivity contribution in [1.29, 1.82) is 0 Å². The monoisotopic (exact) mass is 313 g/mol. The first kappa shape index (κ1) is 14.7. The summed E-state index contributed by atoms with van der Waals surface area (Å²) in [6.45, 7) is 7.10. The summed E-state index contributed by atoms with van der Waals surface area (Å²) in [6, 6.07) is 4.05. The average Bonchev–Trinajstić information content (AvgIpc) is 3.12. The molecule has 3 aromatic rings. The molecule has 0 aliphatic carbocycles. The van der Waals surface area contributed by atoms with Gasteiger partial charge < -0.3 is 5.32 Å². The molecule has 3 rings (SSSR count). The molecule has 0 aliphatic rings. The third kappa shape index (κ3) is 2.74. The molecule has 3 heterocycles. The van der Waals surface area contributed by atoms with E-state index in [2.05, 4.69) is 38.5 Å². The van der Waals surface area contributed by atoms with Crippen LogP contribution < -0.4 is 5.32 Å². The van der Waals surface area contributed by atoms with Gasteiger partial charge in [0, 0.05) is 35.8 Å². The molecule has 114 valence electrons. The Balaban J connectivity index is 2.03. The number of aromatic amines is 1. The molecule has 0 saturated carbocycles. The van der Waals surface area contributed by atoms with Gasteiger partial charge in [0.1, 0.15) is 0 Å². The normalized spacial score (nSPS) is 10.9. The molecule has 3 aromatic heterocycles. The molecule has 0 fully saturated rings. The molecule has 0 saturated heterocycles. The number of hydrogen-bond acceptors (Lipinski definition) is 5. The minimum absolute atomic E-state index is 0.937. The van der Waals surface area contributed by atoms with Crippen molar-refractivity contribution in [3.63, 3.8) is 0 Å². The van der Waals surface area contributed by atoms with Crippen molar-refractivity contribution in [1.82, 2.24) is 20.2 Å². The van der Waals surface area contributed by atoms with Crippen LogP contribution in [-0.4, -0.2) is 26.7 Å². The summed E-state index contributed by atoms with van der Waals surface area (Å²) in [7, 11) is 0. The lowest BCUT2D eigenvalue weighted by molar-refractivity contribution is 0.976. The second kappa shape index (κ2) is 6.27. The molecular formula is C16H19N5S. The van der Waals surface area contributed by atoms with Gasteiger partial charge in [0.2, 0.25) is 0 Å². The third-order valence-corrected chi connectivity index (χ3v) is 4.46. The number of thiazole rings is 1. The molecule has 0 atom stereocenters. The molecule has 0 amide bonds. The van der Waals surface area contributed by atoms with Crippen LogP contribution in [0.1, 0.15) is 24.7 Å². The zero-order valence-corrected chi connectivity index (χ0v) is 13.8. The minimum Gasteiger partial charge on any atom is -0.362 e. The van der Waals surface area contributed by atoms with E-state index in [0.717, 1.165) is 51.2 Å².